The minimum absolute atomic E-state index is 0.0118. The van der Waals surface area contributed by atoms with E-state index in [2.05, 4.69) is 10.6 Å². The van der Waals surface area contributed by atoms with Crippen molar-refractivity contribution in [2.45, 2.75) is 37.8 Å². The van der Waals surface area contributed by atoms with Gasteiger partial charge in [0, 0.05) is 24.7 Å². The molecule has 6 nitrogen and oxygen atoms in total. The number of hydrogen-bond donors (Lipinski definition) is 2. The van der Waals surface area contributed by atoms with Gasteiger partial charge in [-0.25, -0.2) is 4.39 Å². The van der Waals surface area contributed by atoms with E-state index in [9.17, 15) is 18.8 Å². The summed E-state index contributed by atoms with van der Waals surface area (Å²) < 4.78 is 13.2. The van der Waals surface area contributed by atoms with Gasteiger partial charge in [-0.15, -0.1) is 11.3 Å². The number of nitrogens with one attached hydrogen (secondary N) is 2. The first kappa shape index (κ1) is 20.5. The number of benzene rings is 1. The molecule has 2 N–H and O–H groups in total. The van der Waals surface area contributed by atoms with E-state index in [1.165, 1.54) is 35.6 Å². The minimum atomic E-state index is -0.679. The Bertz CT molecular complexity index is 904. The maximum Gasteiger partial charge on any atom is 0.263 e. The Morgan fingerprint density at radius 1 is 1.03 bits per heavy atom. The third-order valence-electron chi connectivity index (χ3n) is 5.63. The monoisotopic (exact) mass is 429 g/mol. The van der Waals surface area contributed by atoms with E-state index in [1.807, 2.05) is 17.5 Å². The molecule has 1 saturated heterocycles. The highest BCUT2D eigenvalue weighted by molar-refractivity contribution is 7.12. The summed E-state index contributed by atoms with van der Waals surface area (Å²) >= 11 is 1.42. The lowest BCUT2D eigenvalue weighted by atomic mass is 9.88. The van der Waals surface area contributed by atoms with E-state index in [4.69, 9.17) is 0 Å². The van der Waals surface area contributed by atoms with Crippen LogP contribution in [0.2, 0.25) is 0 Å². The van der Waals surface area contributed by atoms with Crippen molar-refractivity contribution in [2.24, 2.45) is 5.92 Å². The van der Waals surface area contributed by atoms with E-state index in [1.54, 1.807) is 4.90 Å². The summed E-state index contributed by atoms with van der Waals surface area (Å²) in [5.74, 6) is -1.06. The number of rotatable bonds is 6. The van der Waals surface area contributed by atoms with Gasteiger partial charge in [0.05, 0.1) is 4.88 Å². The normalized spacial score (nSPS) is 18.0. The van der Waals surface area contributed by atoms with Crippen molar-refractivity contribution >= 4 is 29.1 Å². The number of carbonyl (C=O) groups excluding carboxylic acids is 3. The first-order valence-electron chi connectivity index (χ1n) is 10.2. The summed E-state index contributed by atoms with van der Waals surface area (Å²) in [6.07, 6.45) is 3.17. The zero-order valence-electron chi connectivity index (χ0n) is 16.5. The summed E-state index contributed by atoms with van der Waals surface area (Å²) in [6, 6.07) is 8.43. The first-order valence-corrected chi connectivity index (χ1v) is 11.1. The van der Waals surface area contributed by atoms with Crippen molar-refractivity contribution in [3.63, 3.8) is 0 Å². The fourth-order valence-corrected chi connectivity index (χ4v) is 4.42. The maximum absolute atomic E-state index is 13.2. The molecule has 0 spiro atoms. The SMILES string of the molecule is O=C(N[C@H](C(=O)NC1CC1)C1CCN(C(=O)c2cccs2)CC1)c1ccc(F)cc1. The van der Waals surface area contributed by atoms with Crippen LogP contribution < -0.4 is 10.6 Å². The Kier molecular flexibility index (Phi) is 6.13. The number of amides is 3. The van der Waals surface area contributed by atoms with Gasteiger partial charge in [-0.05, 0) is 67.3 Å². The average molecular weight is 430 g/mol. The van der Waals surface area contributed by atoms with Crippen molar-refractivity contribution < 1.29 is 18.8 Å². The maximum atomic E-state index is 13.2. The predicted octanol–water partition coefficient (Wildman–Crippen LogP) is 2.82. The molecule has 0 bridgehead atoms. The molecule has 2 aliphatic rings. The van der Waals surface area contributed by atoms with Gasteiger partial charge in [0.2, 0.25) is 5.91 Å². The molecule has 30 heavy (non-hydrogen) atoms. The molecular formula is C22H24FN3O3S. The molecule has 0 radical (unpaired) electrons. The zero-order valence-corrected chi connectivity index (χ0v) is 17.3. The number of carbonyl (C=O) groups is 3. The molecule has 4 rings (SSSR count). The second kappa shape index (κ2) is 8.95. The second-order valence-electron chi connectivity index (χ2n) is 7.85. The summed E-state index contributed by atoms with van der Waals surface area (Å²) in [4.78, 5) is 40.6. The number of thiophene rings is 1. The zero-order chi connectivity index (χ0) is 21.1. The van der Waals surface area contributed by atoms with Crippen LogP contribution in [0, 0.1) is 11.7 Å². The fourth-order valence-electron chi connectivity index (χ4n) is 3.73. The van der Waals surface area contributed by atoms with Crippen molar-refractivity contribution in [1.82, 2.24) is 15.5 Å². The Hall–Kier alpha value is -2.74. The van der Waals surface area contributed by atoms with Gasteiger partial charge in [0.15, 0.2) is 0 Å². The van der Waals surface area contributed by atoms with Crippen LogP contribution >= 0.6 is 11.3 Å². The van der Waals surface area contributed by atoms with Crippen molar-refractivity contribution in [2.75, 3.05) is 13.1 Å². The largest absolute Gasteiger partial charge is 0.352 e. The number of halogens is 1. The van der Waals surface area contributed by atoms with E-state index >= 15 is 0 Å². The van der Waals surface area contributed by atoms with Crippen LogP contribution in [0.3, 0.4) is 0 Å². The highest BCUT2D eigenvalue weighted by Crippen LogP contribution is 2.25. The highest BCUT2D eigenvalue weighted by Gasteiger charge is 2.36. The van der Waals surface area contributed by atoms with Gasteiger partial charge in [0.25, 0.3) is 11.8 Å². The molecule has 3 amide bonds. The molecular weight excluding hydrogens is 405 g/mol. The molecule has 0 unspecified atom stereocenters. The lowest BCUT2D eigenvalue weighted by Crippen LogP contribution is -2.54. The molecule has 1 atom stereocenters. The predicted molar refractivity (Wildman–Crippen MR) is 112 cm³/mol. The standard InChI is InChI=1S/C22H24FN3O3S/c23-16-5-3-15(4-6-16)20(27)25-19(21(28)24-17-7-8-17)14-9-11-26(12-10-14)22(29)18-2-1-13-30-18/h1-6,13-14,17,19H,7-12H2,(H,24,28)(H,25,27)/t19-/m0/s1. The molecule has 158 valence electrons. The van der Waals surface area contributed by atoms with Gasteiger partial charge in [-0.1, -0.05) is 6.07 Å². The number of hydrogen-bond acceptors (Lipinski definition) is 4. The molecule has 1 aliphatic carbocycles. The Morgan fingerprint density at radius 2 is 1.73 bits per heavy atom. The lowest BCUT2D eigenvalue weighted by molar-refractivity contribution is -0.124. The topological polar surface area (TPSA) is 78.5 Å². The van der Waals surface area contributed by atoms with Crippen LogP contribution in [-0.2, 0) is 4.79 Å². The number of likely N-dealkylation sites (tertiary alicyclic amines) is 1. The molecule has 2 fully saturated rings. The van der Waals surface area contributed by atoms with Crippen LogP contribution in [0.15, 0.2) is 41.8 Å². The summed E-state index contributed by atoms with van der Waals surface area (Å²) in [5.41, 5.74) is 0.311. The molecule has 1 saturated carbocycles. The third-order valence-corrected chi connectivity index (χ3v) is 6.49. The average Bonchev–Trinajstić information content (AvgIpc) is 3.40. The lowest BCUT2D eigenvalue weighted by Gasteiger charge is -2.35. The van der Waals surface area contributed by atoms with Crippen LogP contribution in [0.1, 0.15) is 45.7 Å². The smallest absolute Gasteiger partial charge is 0.263 e. The quantitative estimate of drug-likeness (QED) is 0.741. The van der Waals surface area contributed by atoms with E-state index in [-0.39, 0.29) is 23.8 Å². The van der Waals surface area contributed by atoms with E-state index in [0.29, 0.717) is 36.4 Å². The van der Waals surface area contributed by atoms with Gasteiger partial charge in [-0.2, -0.15) is 0 Å². The van der Waals surface area contributed by atoms with Gasteiger partial charge >= 0.3 is 0 Å². The Labute approximate surface area is 178 Å². The molecule has 1 aromatic heterocycles. The fraction of sp³-hybridized carbons (Fsp3) is 0.409. The first-order chi connectivity index (χ1) is 14.5. The highest BCUT2D eigenvalue weighted by atomic mass is 32.1. The van der Waals surface area contributed by atoms with Crippen molar-refractivity contribution in [3.05, 3.63) is 58.0 Å². The molecule has 2 heterocycles. The summed E-state index contributed by atoms with van der Waals surface area (Å²) in [7, 11) is 0. The summed E-state index contributed by atoms with van der Waals surface area (Å²) in [5, 5.41) is 7.71. The number of piperidine rings is 1. The van der Waals surface area contributed by atoms with Crippen LogP contribution in [-0.4, -0.2) is 47.8 Å². The Balaban J connectivity index is 1.42. The van der Waals surface area contributed by atoms with E-state index in [0.717, 1.165) is 12.8 Å². The Morgan fingerprint density at radius 3 is 2.33 bits per heavy atom. The van der Waals surface area contributed by atoms with Gasteiger partial charge in [-0.3, -0.25) is 14.4 Å². The van der Waals surface area contributed by atoms with Gasteiger partial charge in [0.1, 0.15) is 11.9 Å². The summed E-state index contributed by atoms with van der Waals surface area (Å²) in [6.45, 7) is 1.09. The van der Waals surface area contributed by atoms with Gasteiger partial charge < -0.3 is 15.5 Å². The van der Waals surface area contributed by atoms with Crippen LogP contribution in [0.4, 0.5) is 4.39 Å². The second-order valence-corrected chi connectivity index (χ2v) is 8.80. The number of nitrogens with zero attached hydrogens (tertiary/aromatic N) is 1. The van der Waals surface area contributed by atoms with Crippen LogP contribution in [0.5, 0.6) is 0 Å². The molecule has 2 aromatic rings. The van der Waals surface area contributed by atoms with Crippen molar-refractivity contribution in [3.8, 4) is 0 Å². The van der Waals surface area contributed by atoms with E-state index < -0.39 is 17.8 Å². The molecule has 1 aliphatic heterocycles. The molecule has 8 heteroatoms. The third kappa shape index (κ3) is 4.87. The van der Waals surface area contributed by atoms with Crippen molar-refractivity contribution in [1.29, 1.82) is 0 Å². The molecule has 1 aromatic carbocycles. The van der Waals surface area contributed by atoms with Crippen LogP contribution in [0.25, 0.3) is 0 Å². The minimum Gasteiger partial charge on any atom is -0.352 e.